The van der Waals surface area contributed by atoms with Crippen molar-refractivity contribution < 1.29 is 27.9 Å². The lowest BCUT2D eigenvalue weighted by Gasteiger charge is -2.09. The van der Waals surface area contributed by atoms with E-state index in [1.165, 1.54) is 47.4 Å². The second-order valence-electron chi connectivity index (χ2n) is 7.64. The number of aromatic nitrogens is 3. The van der Waals surface area contributed by atoms with Gasteiger partial charge in [-0.05, 0) is 41.5 Å². The molecule has 0 radical (unpaired) electrons. The first-order chi connectivity index (χ1) is 16.6. The minimum atomic E-state index is -4.44. The first-order valence-corrected chi connectivity index (χ1v) is 10.2. The van der Waals surface area contributed by atoms with Gasteiger partial charge in [-0.3, -0.25) is 14.2 Å². The van der Waals surface area contributed by atoms with Gasteiger partial charge in [0.1, 0.15) is 5.69 Å². The van der Waals surface area contributed by atoms with E-state index >= 15 is 0 Å². The molecule has 0 saturated carbocycles. The van der Waals surface area contributed by atoms with Crippen molar-refractivity contribution in [3.05, 3.63) is 105 Å². The van der Waals surface area contributed by atoms with Crippen molar-refractivity contribution >= 4 is 22.8 Å². The Morgan fingerprint density at radius 1 is 0.971 bits per heavy atom. The average molecular weight is 482 g/mol. The SMILES string of the molecule is O=C(O)c1ccc(Cn2cnc3cnc(C(=O)NCc4ccc(C(F)(F)F)cc4)cc3c2=O)cc1. The fourth-order valence-electron chi connectivity index (χ4n) is 3.33. The molecule has 0 unspecified atom stereocenters. The number of aromatic carboxylic acids is 1. The molecule has 0 bridgehead atoms. The van der Waals surface area contributed by atoms with Gasteiger partial charge in [0, 0.05) is 6.54 Å². The number of pyridine rings is 1. The molecule has 178 valence electrons. The molecule has 0 aliphatic carbocycles. The van der Waals surface area contributed by atoms with Crippen LogP contribution in [-0.2, 0) is 19.3 Å². The lowest BCUT2D eigenvalue weighted by molar-refractivity contribution is -0.137. The molecule has 0 fully saturated rings. The summed E-state index contributed by atoms with van der Waals surface area (Å²) in [4.78, 5) is 44.7. The van der Waals surface area contributed by atoms with Crippen molar-refractivity contribution in [2.24, 2.45) is 0 Å². The molecule has 1 amide bonds. The van der Waals surface area contributed by atoms with E-state index in [0.717, 1.165) is 12.1 Å². The Balaban J connectivity index is 1.51. The summed E-state index contributed by atoms with van der Waals surface area (Å²) in [6.07, 6.45) is -1.82. The van der Waals surface area contributed by atoms with E-state index in [2.05, 4.69) is 15.3 Å². The maximum Gasteiger partial charge on any atom is 0.416 e. The zero-order valence-corrected chi connectivity index (χ0v) is 17.9. The Kier molecular flexibility index (Phi) is 6.32. The van der Waals surface area contributed by atoms with Gasteiger partial charge in [0.25, 0.3) is 11.5 Å². The first-order valence-electron chi connectivity index (χ1n) is 10.2. The maximum absolute atomic E-state index is 13.0. The van der Waals surface area contributed by atoms with Crippen molar-refractivity contribution in [1.29, 1.82) is 0 Å². The molecule has 2 aromatic heterocycles. The van der Waals surface area contributed by atoms with Crippen LogP contribution < -0.4 is 10.9 Å². The van der Waals surface area contributed by atoms with Crippen LogP contribution in [-0.4, -0.2) is 31.5 Å². The van der Waals surface area contributed by atoms with Crippen LogP contribution in [0.15, 0.2) is 71.9 Å². The molecule has 35 heavy (non-hydrogen) atoms. The zero-order chi connectivity index (χ0) is 25.2. The van der Waals surface area contributed by atoms with E-state index < -0.39 is 29.2 Å². The van der Waals surface area contributed by atoms with Crippen molar-refractivity contribution in [3.8, 4) is 0 Å². The summed E-state index contributed by atoms with van der Waals surface area (Å²) in [7, 11) is 0. The van der Waals surface area contributed by atoms with E-state index in [-0.39, 0.29) is 35.2 Å². The highest BCUT2D eigenvalue weighted by atomic mass is 19.4. The number of carbonyl (C=O) groups is 2. The number of hydrogen-bond acceptors (Lipinski definition) is 5. The summed E-state index contributed by atoms with van der Waals surface area (Å²) in [5.74, 6) is -1.66. The average Bonchev–Trinajstić information content (AvgIpc) is 2.84. The third-order valence-electron chi connectivity index (χ3n) is 5.23. The Morgan fingerprint density at radius 2 is 1.63 bits per heavy atom. The van der Waals surface area contributed by atoms with Gasteiger partial charge in [0.05, 0.1) is 41.1 Å². The molecular weight excluding hydrogens is 465 g/mol. The minimum Gasteiger partial charge on any atom is -0.478 e. The predicted molar refractivity (Wildman–Crippen MR) is 119 cm³/mol. The number of amides is 1. The van der Waals surface area contributed by atoms with Crippen LogP contribution in [0, 0.1) is 0 Å². The number of rotatable bonds is 6. The number of carboxylic acid groups (broad SMARTS) is 1. The van der Waals surface area contributed by atoms with E-state index in [1.807, 2.05) is 0 Å². The molecule has 2 heterocycles. The van der Waals surface area contributed by atoms with Crippen molar-refractivity contribution in [2.45, 2.75) is 19.3 Å². The highest BCUT2D eigenvalue weighted by Gasteiger charge is 2.29. The fourth-order valence-corrected chi connectivity index (χ4v) is 3.33. The van der Waals surface area contributed by atoms with Gasteiger partial charge in [0.15, 0.2) is 0 Å². The fraction of sp³-hybridized carbons (Fsp3) is 0.125. The summed E-state index contributed by atoms with van der Waals surface area (Å²) in [5.41, 5.74) is 0.295. The summed E-state index contributed by atoms with van der Waals surface area (Å²) >= 11 is 0. The summed E-state index contributed by atoms with van der Waals surface area (Å²) in [5, 5.41) is 11.7. The highest BCUT2D eigenvalue weighted by Crippen LogP contribution is 2.29. The molecule has 2 aromatic carbocycles. The van der Waals surface area contributed by atoms with Crippen LogP contribution in [0.1, 0.15) is 37.5 Å². The monoisotopic (exact) mass is 482 g/mol. The molecule has 0 aliphatic heterocycles. The summed E-state index contributed by atoms with van der Waals surface area (Å²) in [6.45, 7) is 0.111. The van der Waals surface area contributed by atoms with Crippen LogP contribution in [0.4, 0.5) is 13.2 Å². The van der Waals surface area contributed by atoms with Crippen LogP contribution in [0.5, 0.6) is 0 Å². The zero-order valence-electron chi connectivity index (χ0n) is 17.9. The van der Waals surface area contributed by atoms with E-state index in [4.69, 9.17) is 5.11 Å². The molecule has 4 rings (SSSR count). The van der Waals surface area contributed by atoms with Crippen LogP contribution in [0.25, 0.3) is 10.9 Å². The van der Waals surface area contributed by atoms with E-state index in [0.29, 0.717) is 11.1 Å². The lowest BCUT2D eigenvalue weighted by Crippen LogP contribution is -2.25. The van der Waals surface area contributed by atoms with E-state index in [1.54, 1.807) is 12.1 Å². The van der Waals surface area contributed by atoms with Crippen LogP contribution in [0.2, 0.25) is 0 Å². The van der Waals surface area contributed by atoms with Gasteiger partial charge in [0.2, 0.25) is 0 Å². The number of halogens is 3. The number of nitrogens with one attached hydrogen (secondary N) is 1. The topological polar surface area (TPSA) is 114 Å². The standard InChI is InChI=1S/C24H17F3N4O4/c25-24(26,27)17-7-3-14(4-8-17)10-29-21(32)19-9-18-20(11-28-19)30-13-31(22(18)33)12-15-1-5-16(6-2-15)23(34)35/h1-9,11,13H,10,12H2,(H,29,32)(H,34,35). The van der Waals surface area contributed by atoms with Gasteiger partial charge < -0.3 is 10.4 Å². The quantitative estimate of drug-likeness (QED) is 0.435. The molecule has 0 atom stereocenters. The third-order valence-corrected chi connectivity index (χ3v) is 5.23. The smallest absolute Gasteiger partial charge is 0.416 e. The van der Waals surface area contributed by atoms with Gasteiger partial charge in [-0.15, -0.1) is 0 Å². The summed E-state index contributed by atoms with van der Waals surface area (Å²) < 4.78 is 39.4. The maximum atomic E-state index is 13.0. The van der Waals surface area contributed by atoms with Crippen LogP contribution >= 0.6 is 0 Å². The largest absolute Gasteiger partial charge is 0.478 e. The van der Waals surface area contributed by atoms with Gasteiger partial charge in [-0.2, -0.15) is 13.2 Å². The van der Waals surface area contributed by atoms with Gasteiger partial charge in [-0.25, -0.2) is 14.8 Å². The Morgan fingerprint density at radius 3 is 2.26 bits per heavy atom. The van der Waals surface area contributed by atoms with Crippen molar-refractivity contribution in [3.63, 3.8) is 0 Å². The number of fused-ring (bicyclic) bond motifs is 1. The second-order valence-corrected chi connectivity index (χ2v) is 7.64. The van der Waals surface area contributed by atoms with Crippen LogP contribution in [0.3, 0.4) is 0 Å². The second kappa shape index (κ2) is 9.37. The lowest BCUT2D eigenvalue weighted by atomic mass is 10.1. The van der Waals surface area contributed by atoms with Crippen molar-refractivity contribution in [1.82, 2.24) is 19.9 Å². The minimum absolute atomic E-state index is 0.0275. The number of carbonyl (C=O) groups excluding carboxylic acids is 1. The number of benzene rings is 2. The molecule has 8 nitrogen and oxygen atoms in total. The molecule has 0 saturated heterocycles. The Hall–Kier alpha value is -4.54. The number of nitrogens with zero attached hydrogens (tertiary/aromatic N) is 3. The molecule has 2 N–H and O–H groups in total. The number of carboxylic acids is 1. The summed E-state index contributed by atoms with van der Waals surface area (Å²) in [6, 6.07) is 11.7. The van der Waals surface area contributed by atoms with Gasteiger partial charge in [-0.1, -0.05) is 24.3 Å². The normalized spacial score (nSPS) is 11.4. The molecule has 11 heteroatoms. The Labute approximate surface area is 195 Å². The van der Waals surface area contributed by atoms with E-state index in [9.17, 15) is 27.6 Å². The molecule has 0 aliphatic rings. The number of hydrogen-bond donors (Lipinski definition) is 2. The molecular formula is C24H17F3N4O4. The molecule has 0 spiro atoms. The predicted octanol–water partition coefficient (Wildman–Crippen LogP) is 3.49. The number of alkyl halides is 3. The highest BCUT2D eigenvalue weighted by molar-refractivity contribution is 5.95. The molecule has 4 aromatic rings. The Bertz CT molecular complexity index is 1460. The van der Waals surface area contributed by atoms with Gasteiger partial charge >= 0.3 is 12.1 Å². The third kappa shape index (κ3) is 5.35. The van der Waals surface area contributed by atoms with Crippen molar-refractivity contribution in [2.75, 3.05) is 0 Å². The first kappa shape index (κ1) is 23.6.